The normalized spacial score (nSPS) is 15.4. The lowest BCUT2D eigenvalue weighted by Crippen LogP contribution is -2.54. The molecule has 1 fully saturated rings. The number of halogens is 1. The number of nitrogens with one attached hydrogen (secondary N) is 1. The molecule has 2 heterocycles. The van der Waals surface area contributed by atoms with Crippen LogP contribution in [0.4, 0.5) is 5.69 Å². The summed E-state index contributed by atoms with van der Waals surface area (Å²) in [5, 5.41) is 2.72. The van der Waals surface area contributed by atoms with Gasteiger partial charge >= 0.3 is 0 Å². The van der Waals surface area contributed by atoms with E-state index in [9.17, 15) is 9.59 Å². The number of anilines is 1. The fourth-order valence-electron chi connectivity index (χ4n) is 3.97. The van der Waals surface area contributed by atoms with Crippen molar-refractivity contribution in [2.24, 2.45) is 0 Å². The number of amides is 2. The zero-order valence-electron chi connectivity index (χ0n) is 18.0. The van der Waals surface area contributed by atoms with Gasteiger partial charge in [0.25, 0.3) is 11.8 Å². The molecule has 0 saturated carbocycles. The van der Waals surface area contributed by atoms with Crippen LogP contribution in [0.2, 0.25) is 0 Å². The van der Waals surface area contributed by atoms with E-state index in [2.05, 4.69) is 44.9 Å². The molecular formula is C25H22BrN3O2S. The molecule has 2 amide bonds. The van der Waals surface area contributed by atoms with Crippen LogP contribution in [0, 0.1) is 13.8 Å². The first-order chi connectivity index (χ1) is 15.3. The van der Waals surface area contributed by atoms with Crippen LogP contribution in [-0.2, 0) is 16.0 Å². The summed E-state index contributed by atoms with van der Waals surface area (Å²) in [7, 11) is 0. The maximum Gasteiger partial charge on any atom is 0.270 e. The number of benzene rings is 2. The molecule has 1 aliphatic rings. The molecule has 3 aromatic rings. The minimum absolute atomic E-state index is 0.0468. The van der Waals surface area contributed by atoms with Crippen LogP contribution in [0.15, 0.2) is 64.6 Å². The molecule has 1 N–H and O–H groups in total. The van der Waals surface area contributed by atoms with Gasteiger partial charge in [0.15, 0.2) is 5.11 Å². The van der Waals surface area contributed by atoms with Crippen molar-refractivity contribution in [3.05, 3.63) is 87.2 Å². The predicted octanol–water partition coefficient (Wildman–Crippen LogP) is 5.25. The smallest absolute Gasteiger partial charge is 0.270 e. The Hall–Kier alpha value is -3.03. The monoisotopic (exact) mass is 507 g/mol. The Kier molecular flexibility index (Phi) is 6.13. The van der Waals surface area contributed by atoms with Gasteiger partial charge in [-0.2, -0.15) is 0 Å². The average Bonchev–Trinajstić information content (AvgIpc) is 3.05. The average molecular weight is 508 g/mol. The molecule has 162 valence electrons. The number of carbonyl (C=O) groups excluding carboxylic acids is 2. The highest BCUT2D eigenvalue weighted by Gasteiger charge is 2.34. The van der Waals surface area contributed by atoms with Crippen LogP contribution < -0.4 is 10.2 Å². The summed E-state index contributed by atoms with van der Waals surface area (Å²) in [4.78, 5) is 27.3. The first-order valence-electron chi connectivity index (χ1n) is 10.3. The molecule has 0 atom stereocenters. The molecule has 4 rings (SSSR count). The van der Waals surface area contributed by atoms with E-state index < -0.39 is 11.8 Å². The third-order valence-electron chi connectivity index (χ3n) is 5.57. The Morgan fingerprint density at radius 1 is 1.06 bits per heavy atom. The molecule has 5 nitrogen and oxygen atoms in total. The number of nitrogens with zero attached hydrogens (tertiary/aromatic N) is 2. The summed E-state index contributed by atoms with van der Waals surface area (Å²) in [5.41, 5.74) is 5.77. The highest BCUT2D eigenvalue weighted by atomic mass is 79.9. The Morgan fingerprint density at radius 3 is 2.44 bits per heavy atom. The number of hydrogen-bond donors (Lipinski definition) is 1. The molecule has 1 saturated heterocycles. The number of hydrogen-bond acceptors (Lipinski definition) is 3. The Bertz CT molecular complexity index is 1270. The van der Waals surface area contributed by atoms with Gasteiger partial charge in [-0.3, -0.25) is 19.8 Å². The van der Waals surface area contributed by atoms with Crippen LogP contribution in [0.25, 0.3) is 11.8 Å². The highest BCUT2D eigenvalue weighted by Crippen LogP contribution is 2.28. The molecule has 0 spiro atoms. The van der Waals surface area contributed by atoms with Gasteiger partial charge in [-0.15, -0.1) is 0 Å². The van der Waals surface area contributed by atoms with Gasteiger partial charge in [0.1, 0.15) is 5.57 Å². The van der Waals surface area contributed by atoms with E-state index in [1.54, 1.807) is 18.2 Å². The molecule has 0 bridgehead atoms. The molecule has 0 radical (unpaired) electrons. The van der Waals surface area contributed by atoms with E-state index in [0.717, 1.165) is 33.5 Å². The number of aryl methyl sites for hydroxylation is 2. The summed E-state index contributed by atoms with van der Waals surface area (Å²) in [6, 6.07) is 17.4. The van der Waals surface area contributed by atoms with Gasteiger partial charge in [0.2, 0.25) is 0 Å². The summed E-state index contributed by atoms with van der Waals surface area (Å²) in [6.45, 7) is 6.14. The first kappa shape index (κ1) is 22.2. The lowest BCUT2D eigenvalue weighted by atomic mass is 10.1. The lowest BCUT2D eigenvalue weighted by molar-refractivity contribution is -0.122. The SMILES string of the molecule is CCc1ccccc1-n1c(C)cc(/C=C2\C(=O)NC(=S)N(c3ccc(Br)cc3)C2=O)c1C. The zero-order valence-corrected chi connectivity index (χ0v) is 20.4. The fourth-order valence-corrected chi connectivity index (χ4v) is 4.52. The third-order valence-corrected chi connectivity index (χ3v) is 6.38. The van der Waals surface area contributed by atoms with E-state index in [4.69, 9.17) is 12.2 Å². The topological polar surface area (TPSA) is 54.3 Å². The number of thiocarbonyl (C=S) groups is 1. The van der Waals surface area contributed by atoms with Crippen molar-refractivity contribution in [3.8, 4) is 5.69 Å². The second-order valence-corrected chi connectivity index (χ2v) is 8.88. The van der Waals surface area contributed by atoms with Crippen molar-refractivity contribution in [3.63, 3.8) is 0 Å². The fraction of sp³-hybridized carbons (Fsp3) is 0.160. The minimum atomic E-state index is -0.493. The van der Waals surface area contributed by atoms with Gasteiger partial charge in [0, 0.05) is 21.5 Å². The Morgan fingerprint density at radius 2 is 1.75 bits per heavy atom. The molecule has 2 aromatic carbocycles. The molecule has 7 heteroatoms. The zero-order chi connectivity index (χ0) is 23.0. The Labute approximate surface area is 200 Å². The van der Waals surface area contributed by atoms with E-state index >= 15 is 0 Å². The van der Waals surface area contributed by atoms with Crippen molar-refractivity contribution < 1.29 is 9.59 Å². The van der Waals surface area contributed by atoms with Crippen molar-refractivity contribution >= 4 is 56.8 Å². The molecule has 1 aromatic heterocycles. The van der Waals surface area contributed by atoms with Crippen molar-refractivity contribution in [1.82, 2.24) is 9.88 Å². The van der Waals surface area contributed by atoms with Crippen LogP contribution >= 0.6 is 28.1 Å². The van der Waals surface area contributed by atoms with Crippen molar-refractivity contribution in [1.29, 1.82) is 0 Å². The maximum atomic E-state index is 13.3. The van der Waals surface area contributed by atoms with Gasteiger partial charge in [-0.05, 0) is 86.1 Å². The molecule has 0 aliphatic carbocycles. The second-order valence-electron chi connectivity index (χ2n) is 7.58. The van der Waals surface area contributed by atoms with Gasteiger partial charge in [0.05, 0.1) is 5.69 Å². The highest BCUT2D eigenvalue weighted by molar-refractivity contribution is 9.10. The second kappa shape index (κ2) is 8.84. The van der Waals surface area contributed by atoms with E-state index in [0.29, 0.717) is 5.69 Å². The van der Waals surface area contributed by atoms with Crippen LogP contribution in [-0.4, -0.2) is 21.5 Å². The molecule has 0 unspecified atom stereocenters. The summed E-state index contributed by atoms with van der Waals surface area (Å²) >= 11 is 8.68. The van der Waals surface area contributed by atoms with Crippen molar-refractivity contribution in [2.45, 2.75) is 27.2 Å². The van der Waals surface area contributed by atoms with Crippen molar-refractivity contribution in [2.75, 3.05) is 4.90 Å². The summed E-state index contributed by atoms with van der Waals surface area (Å²) in [5.74, 6) is -0.938. The summed E-state index contributed by atoms with van der Waals surface area (Å²) < 4.78 is 3.05. The number of aromatic nitrogens is 1. The van der Waals surface area contributed by atoms with E-state index in [1.165, 1.54) is 10.5 Å². The summed E-state index contributed by atoms with van der Waals surface area (Å²) in [6.07, 6.45) is 2.56. The predicted molar refractivity (Wildman–Crippen MR) is 135 cm³/mol. The maximum absolute atomic E-state index is 13.3. The first-order valence-corrected chi connectivity index (χ1v) is 11.5. The van der Waals surface area contributed by atoms with E-state index in [-0.39, 0.29) is 10.7 Å². The molecular weight excluding hydrogens is 486 g/mol. The van der Waals surface area contributed by atoms with E-state index in [1.807, 2.05) is 44.2 Å². The Balaban J connectivity index is 1.78. The van der Waals surface area contributed by atoms with Crippen LogP contribution in [0.5, 0.6) is 0 Å². The molecule has 32 heavy (non-hydrogen) atoms. The lowest BCUT2D eigenvalue weighted by Gasteiger charge is -2.29. The molecule has 1 aliphatic heterocycles. The third kappa shape index (κ3) is 3.94. The minimum Gasteiger partial charge on any atom is -0.318 e. The standard InChI is InChI=1S/C25H22BrN3O2S/c1-4-17-7-5-6-8-22(17)28-15(2)13-18(16(28)3)14-21-23(30)27-25(32)29(24(21)31)20-11-9-19(26)10-12-20/h5-14H,4H2,1-3H3,(H,27,30,32)/b21-14+. The number of para-hydroxylation sites is 1. The van der Waals surface area contributed by atoms with Gasteiger partial charge in [-0.25, -0.2) is 0 Å². The largest absolute Gasteiger partial charge is 0.318 e. The van der Waals surface area contributed by atoms with Crippen LogP contribution in [0.1, 0.15) is 29.4 Å². The van der Waals surface area contributed by atoms with Gasteiger partial charge < -0.3 is 4.57 Å². The number of carbonyl (C=O) groups is 2. The van der Waals surface area contributed by atoms with Gasteiger partial charge in [-0.1, -0.05) is 41.1 Å². The number of rotatable bonds is 4. The quantitative estimate of drug-likeness (QED) is 0.298. The van der Waals surface area contributed by atoms with Crippen LogP contribution in [0.3, 0.4) is 0 Å².